The number of nitrogens with one attached hydrogen (secondary N) is 1. The predicted molar refractivity (Wildman–Crippen MR) is 84.7 cm³/mol. The molecule has 110 valence electrons. The van der Waals surface area contributed by atoms with E-state index in [1.54, 1.807) is 6.20 Å². The molecule has 1 saturated heterocycles. The molecule has 2 aromatic heterocycles. The van der Waals surface area contributed by atoms with Gasteiger partial charge in [0.2, 0.25) is 0 Å². The van der Waals surface area contributed by atoms with Crippen molar-refractivity contribution in [1.29, 1.82) is 0 Å². The van der Waals surface area contributed by atoms with Crippen LogP contribution in [0.3, 0.4) is 0 Å². The number of hydrogen-bond donors (Lipinski definition) is 2. The third-order valence-corrected chi connectivity index (χ3v) is 4.09. The van der Waals surface area contributed by atoms with Crippen LogP contribution in [0.4, 0.5) is 0 Å². The topological polar surface area (TPSA) is 53.3 Å². The molecule has 2 N–H and O–H groups in total. The molecule has 1 fully saturated rings. The summed E-state index contributed by atoms with van der Waals surface area (Å²) in [7, 11) is 2.00. The molecule has 3 rings (SSSR count). The number of aliphatic hydroxyl groups excluding tert-OH is 1. The molecule has 0 aromatic carbocycles. The SMILES string of the molecule is Cn1ccc([C@@H]2[C@@H](c3ccccn3)NC(=S)N2CCO)c1. The Labute approximate surface area is 129 Å². The maximum absolute atomic E-state index is 9.32. The molecular weight excluding hydrogens is 284 g/mol. The second kappa shape index (κ2) is 5.83. The van der Waals surface area contributed by atoms with Gasteiger partial charge >= 0.3 is 0 Å². The molecule has 2 atom stereocenters. The number of nitrogens with zero attached hydrogens (tertiary/aromatic N) is 3. The minimum absolute atomic E-state index is 0.00681. The van der Waals surface area contributed by atoms with Crippen LogP contribution < -0.4 is 5.32 Å². The van der Waals surface area contributed by atoms with Crippen molar-refractivity contribution in [2.24, 2.45) is 7.05 Å². The minimum Gasteiger partial charge on any atom is -0.395 e. The number of hydrogen-bond acceptors (Lipinski definition) is 3. The van der Waals surface area contributed by atoms with Crippen molar-refractivity contribution in [3.63, 3.8) is 0 Å². The van der Waals surface area contributed by atoms with Crippen LogP contribution in [-0.4, -0.2) is 37.8 Å². The molecule has 1 aliphatic rings. The molecule has 21 heavy (non-hydrogen) atoms. The van der Waals surface area contributed by atoms with Gasteiger partial charge in [-0.05, 0) is 36.0 Å². The van der Waals surface area contributed by atoms with Gasteiger partial charge in [-0.1, -0.05) is 6.07 Å². The first kappa shape index (κ1) is 14.0. The van der Waals surface area contributed by atoms with E-state index < -0.39 is 0 Å². The molecule has 3 heterocycles. The summed E-state index contributed by atoms with van der Waals surface area (Å²) in [5.41, 5.74) is 2.11. The fraction of sp³-hybridized carbons (Fsp3) is 0.333. The number of pyridine rings is 1. The first-order valence-electron chi connectivity index (χ1n) is 6.91. The largest absolute Gasteiger partial charge is 0.395 e. The number of β-amino-alcohol motifs (C(OH)–C–C–N with tert-alkyl or cyclic N) is 1. The van der Waals surface area contributed by atoms with E-state index in [4.69, 9.17) is 12.2 Å². The van der Waals surface area contributed by atoms with Crippen LogP contribution in [0, 0.1) is 0 Å². The van der Waals surface area contributed by atoms with Crippen LogP contribution in [-0.2, 0) is 7.05 Å². The van der Waals surface area contributed by atoms with Crippen molar-refractivity contribution in [2.45, 2.75) is 12.1 Å². The van der Waals surface area contributed by atoms with Gasteiger partial charge in [0.1, 0.15) is 0 Å². The van der Waals surface area contributed by atoms with Crippen LogP contribution in [0.25, 0.3) is 0 Å². The monoisotopic (exact) mass is 302 g/mol. The van der Waals surface area contributed by atoms with E-state index >= 15 is 0 Å². The van der Waals surface area contributed by atoms with E-state index in [0.717, 1.165) is 11.3 Å². The van der Waals surface area contributed by atoms with Gasteiger partial charge in [0.25, 0.3) is 0 Å². The van der Waals surface area contributed by atoms with Crippen LogP contribution in [0.15, 0.2) is 42.9 Å². The summed E-state index contributed by atoms with van der Waals surface area (Å²) >= 11 is 5.44. The van der Waals surface area contributed by atoms with Crippen LogP contribution >= 0.6 is 12.2 Å². The number of rotatable bonds is 4. The maximum Gasteiger partial charge on any atom is 0.170 e. The molecule has 0 bridgehead atoms. The fourth-order valence-electron chi connectivity index (χ4n) is 2.82. The zero-order valence-electron chi connectivity index (χ0n) is 11.8. The molecule has 0 saturated carbocycles. The molecule has 5 nitrogen and oxygen atoms in total. The first-order valence-corrected chi connectivity index (χ1v) is 7.32. The second-order valence-electron chi connectivity index (χ2n) is 5.15. The Morgan fingerprint density at radius 1 is 1.38 bits per heavy atom. The fourth-order valence-corrected chi connectivity index (χ4v) is 3.15. The highest BCUT2D eigenvalue weighted by molar-refractivity contribution is 7.80. The van der Waals surface area contributed by atoms with Gasteiger partial charge in [-0.25, -0.2) is 0 Å². The Kier molecular flexibility index (Phi) is 3.90. The van der Waals surface area contributed by atoms with Gasteiger partial charge in [0.15, 0.2) is 5.11 Å². The third kappa shape index (κ3) is 2.64. The van der Waals surface area contributed by atoms with E-state index in [0.29, 0.717) is 11.7 Å². The lowest BCUT2D eigenvalue weighted by Crippen LogP contribution is -2.32. The molecule has 0 aliphatic carbocycles. The molecular formula is C15H18N4OS. The Balaban J connectivity index is 2.00. The van der Waals surface area contributed by atoms with Crippen molar-refractivity contribution < 1.29 is 5.11 Å². The Bertz CT molecular complexity index is 628. The molecule has 2 aromatic rings. The van der Waals surface area contributed by atoms with Crippen LogP contribution in [0.1, 0.15) is 23.3 Å². The number of aliphatic hydroxyl groups is 1. The number of thiocarbonyl (C=S) groups is 1. The summed E-state index contributed by atoms with van der Waals surface area (Å²) in [4.78, 5) is 6.49. The highest BCUT2D eigenvalue weighted by Gasteiger charge is 2.39. The van der Waals surface area contributed by atoms with Crippen molar-refractivity contribution in [3.8, 4) is 0 Å². The summed E-state index contributed by atoms with van der Waals surface area (Å²) in [6.45, 7) is 0.578. The summed E-state index contributed by atoms with van der Waals surface area (Å²) in [5.74, 6) is 0. The van der Waals surface area contributed by atoms with Crippen molar-refractivity contribution in [2.75, 3.05) is 13.2 Å². The zero-order valence-corrected chi connectivity index (χ0v) is 12.6. The summed E-state index contributed by atoms with van der Waals surface area (Å²) in [6.07, 6.45) is 5.89. The predicted octanol–water partition coefficient (Wildman–Crippen LogP) is 1.38. The Morgan fingerprint density at radius 2 is 2.24 bits per heavy atom. The quantitative estimate of drug-likeness (QED) is 0.836. The van der Waals surface area contributed by atoms with Gasteiger partial charge in [0, 0.05) is 32.2 Å². The molecule has 0 unspecified atom stereocenters. The molecule has 0 amide bonds. The Morgan fingerprint density at radius 3 is 2.86 bits per heavy atom. The van der Waals surface area contributed by atoms with Crippen LogP contribution in [0.2, 0.25) is 0 Å². The third-order valence-electron chi connectivity index (χ3n) is 3.74. The highest BCUT2D eigenvalue weighted by atomic mass is 32.1. The smallest absolute Gasteiger partial charge is 0.170 e. The van der Waals surface area contributed by atoms with E-state index in [9.17, 15) is 5.11 Å². The lowest BCUT2D eigenvalue weighted by Gasteiger charge is -2.26. The first-order chi connectivity index (χ1) is 10.2. The van der Waals surface area contributed by atoms with Crippen molar-refractivity contribution in [1.82, 2.24) is 19.8 Å². The van der Waals surface area contributed by atoms with Gasteiger partial charge in [-0.15, -0.1) is 0 Å². The van der Waals surface area contributed by atoms with E-state index in [1.165, 1.54) is 0 Å². The van der Waals surface area contributed by atoms with Crippen LogP contribution in [0.5, 0.6) is 0 Å². The van der Waals surface area contributed by atoms with E-state index in [1.807, 2.05) is 40.9 Å². The van der Waals surface area contributed by atoms with Gasteiger partial charge in [0.05, 0.1) is 24.4 Å². The maximum atomic E-state index is 9.32. The zero-order chi connectivity index (χ0) is 14.8. The molecule has 0 spiro atoms. The minimum atomic E-state index is -0.00681. The standard InChI is InChI=1S/C15H18N4OS/c1-18-7-5-11(10-18)14-13(12-4-2-3-6-16-12)17-15(21)19(14)8-9-20/h2-7,10,13-14,20H,8-9H2,1H3,(H,17,21)/t13-,14-/m1/s1. The number of aryl methyl sites for hydroxylation is 1. The molecule has 6 heteroatoms. The van der Waals surface area contributed by atoms with Gasteiger partial charge < -0.3 is 19.9 Å². The molecule has 0 radical (unpaired) electrons. The van der Waals surface area contributed by atoms with E-state index in [-0.39, 0.29) is 18.7 Å². The van der Waals surface area contributed by atoms with Crippen molar-refractivity contribution >= 4 is 17.3 Å². The lowest BCUT2D eigenvalue weighted by molar-refractivity contribution is 0.223. The van der Waals surface area contributed by atoms with Gasteiger partial charge in [-0.3, -0.25) is 4.98 Å². The van der Waals surface area contributed by atoms with Gasteiger partial charge in [-0.2, -0.15) is 0 Å². The second-order valence-corrected chi connectivity index (χ2v) is 5.54. The highest BCUT2D eigenvalue weighted by Crippen LogP contribution is 2.38. The average Bonchev–Trinajstić information content (AvgIpc) is 3.05. The van der Waals surface area contributed by atoms with E-state index in [2.05, 4.69) is 22.6 Å². The lowest BCUT2D eigenvalue weighted by atomic mass is 9.99. The summed E-state index contributed by atoms with van der Waals surface area (Å²) < 4.78 is 2.02. The Hall–Kier alpha value is -1.92. The summed E-state index contributed by atoms with van der Waals surface area (Å²) in [6, 6.07) is 8.00. The summed E-state index contributed by atoms with van der Waals surface area (Å²) in [5, 5.41) is 13.3. The van der Waals surface area contributed by atoms with Crippen molar-refractivity contribution in [3.05, 3.63) is 54.1 Å². The normalized spacial score (nSPS) is 21.6. The average molecular weight is 302 g/mol. The number of aromatic nitrogens is 2. The molecule has 1 aliphatic heterocycles.